The summed E-state index contributed by atoms with van der Waals surface area (Å²) in [7, 11) is -2.86. The minimum absolute atomic E-state index is 0.205. The molecule has 120 valence electrons. The Hall–Kier alpha value is -0.270. The minimum Gasteiger partial charge on any atom is -0.368 e. The summed E-state index contributed by atoms with van der Waals surface area (Å²) in [5, 5.41) is 3.22. The zero-order valence-electron chi connectivity index (χ0n) is 12.9. The Morgan fingerprint density at radius 3 is 2.35 bits per heavy atom. The molecule has 0 heterocycles. The van der Waals surface area contributed by atoms with Gasteiger partial charge in [-0.25, -0.2) is 8.42 Å². The Labute approximate surface area is 127 Å². The van der Waals surface area contributed by atoms with Gasteiger partial charge in [-0.3, -0.25) is 4.79 Å². The number of sulfone groups is 1. The molecule has 0 aliphatic carbocycles. The third-order valence-corrected chi connectivity index (χ3v) is 5.24. The number of hydrogen-bond acceptors (Lipinski definition) is 5. The van der Waals surface area contributed by atoms with Gasteiger partial charge in [-0.15, -0.1) is 0 Å². The summed E-state index contributed by atoms with van der Waals surface area (Å²) in [6, 6.07) is 0.205. The summed E-state index contributed by atoms with van der Waals surface area (Å²) in [6.45, 7) is 5.82. The van der Waals surface area contributed by atoms with Crippen molar-refractivity contribution in [2.75, 3.05) is 23.5 Å². The first kappa shape index (κ1) is 19.7. The topological polar surface area (TPSA) is 89.3 Å². The minimum atomic E-state index is -2.86. The SMILES string of the molecule is CC(C)NC(C)(CCCCSCCS(C)(=O)=O)C(N)=O. The van der Waals surface area contributed by atoms with Gasteiger partial charge in [0.05, 0.1) is 11.3 Å². The molecular weight excluding hydrogens is 296 g/mol. The molecule has 1 amide bonds. The summed E-state index contributed by atoms with van der Waals surface area (Å²) >= 11 is 1.64. The highest BCUT2D eigenvalue weighted by Gasteiger charge is 2.30. The smallest absolute Gasteiger partial charge is 0.237 e. The number of nitrogens with one attached hydrogen (secondary N) is 1. The Bertz CT molecular complexity index is 396. The Morgan fingerprint density at radius 2 is 1.90 bits per heavy atom. The van der Waals surface area contributed by atoms with E-state index in [9.17, 15) is 13.2 Å². The number of thioether (sulfide) groups is 1. The highest BCUT2D eigenvalue weighted by atomic mass is 32.2. The van der Waals surface area contributed by atoms with Crippen LogP contribution in [0.5, 0.6) is 0 Å². The molecule has 20 heavy (non-hydrogen) atoms. The van der Waals surface area contributed by atoms with Crippen LogP contribution in [0.25, 0.3) is 0 Å². The van der Waals surface area contributed by atoms with Crippen molar-refractivity contribution in [1.82, 2.24) is 5.32 Å². The third kappa shape index (κ3) is 9.61. The summed E-state index contributed by atoms with van der Waals surface area (Å²) in [6.07, 6.45) is 3.80. The van der Waals surface area contributed by atoms with Crippen molar-refractivity contribution in [1.29, 1.82) is 0 Å². The van der Waals surface area contributed by atoms with Crippen LogP contribution in [0.3, 0.4) is 0 Å². The van der Waals surface area contributed by atoms with E-state index in [4.69, 9.17) is 5.73 Å². The number of amides is 1. The van der Waals surface area contributed by atoms with Gasteiger partial charge in [0.25, 0.3) is 0 Å². The number of hydrogen-bond donors (Lipinski definition) is 2. The molecule has 1 unspecified atom stereocenters. The zero-order valence-corrected chi connectivity index (χ0v) is 14.6. The lowest BCUT2D eigenvalue weighted by atomic mass is 9.93. The summed E-state index contributed by atoms with van der Waals surface area (Å²) in [4.78, 5) is 11.5. The van der Waals surface area contributed by atoms with Gasteiger partial charge in [0, 0.05) is 18.1 Å². The normalized spacial score (nSPS) is 15.2. The maximum atomic E-state index is 11.5. The molecule has 0 rings (SSSR count). The summed E-state index contributed by atoms with van der Waals surface area (Å²) in [5.74, 6) is 1.45. The zero-order chi connectivity index (χ0) is 15.8. The van der Waals surface area contributed by atoms with Crippen LogP contribution in [-0.2, 0) is 14.6 Å². The number of carbonyl (C=O) groups is 1. The van der Waals surface area contributed by atoms with Crippen molar-refractivity contribution in [3.8, 4) is 0 Å². The molecule has 0 saturated carbocycles. The third-order valence-electron chi connectivity index (χ3n) is 2.96. The predicted octanol–water partition coefficient (Wildman–Crippen LogP) is 1.18. The monoisotopic (exact) mass is 324 g/mol. The van der Waals surface area contributed by atoms with E-state index in [-0.39, 0.29) is 17.7 Å². The van der Waals surface area contributed by atoms with Crippen LogP contribution in [0, 0.1) is 0 Å². The van der Waals surface area contributed by atoms with E-state index >= 15 is 0 Å². The van der Waals surface area contributed by atoms with E-state index in [0.29, 0.717) is 12.2 Å². The number of rotatable bonds is 11. The standard InChI is InChI=1S/C13H28N2O3S2/c1-11(2)15-13(3,12(14)16)7-5-6-8-19-9-10-20(4,17)18/h11,15H,5-10H2,1-4H3,(H2,14,16). The van der Waals surface area contributed by atoms with E-state index < -0.39 is 15.4 Å². The van der Waals surface area contributed by atoms with Crippen LogP contribution in [0.2, 0.25) is 0 Å². The molecule has 0 aliphatic heterocycles. The van der Waals surface area contributed by atoms with Gasteiger partial charge in [0.15, 0.2) is 0 Å². The van der Waals surface area contributed by atoms with E-state index in [2.05, 4.69) is 5.32 Å². The van der Waals surface area contributed by atoms with Crippen molar-refractivity contribution in [3.63, 3.8) is 0 Å². The first-order valence-corrected chi connectivity index (χ1v) is 10.1. The molecule has 7 heteroatoms. The fourth-order valence-electron chi connectivity index (χ4n) is 1.90. The molecule has 0 aliphatic rings. The van der Waals surface area contributed by atoms with Gasteiger partial charge in [0.2, 0.25) is 5.91 Å². The highest BCUT2D eigenvalue weighted by molar-refractivity contribution is 8.00. The van der Waals surface area contributed by atoms with Crippen molar-refractivity contribution in [3.05, 3.63) is 0 Å². The lowest BCUT2D eigenvalue weighted by Gasteiger charge is -2.29. The second-order valence-corrected chi connectivity index (χ2v) is 9.18. The molecule has 0 bridgehead atoms. The first-order chi connectivity index (χ1) is 9.07. The highest BCUT2D eigenvalue weighted by Crippen LogP contribution is 2.16. The number of carbonyl (C=O) groups excluding carboxylic acids is 1. The molecule has 0 radical (unpaired) electrons. The maximum Gasteiger partial charge on any atom is 0.237 e. The van der Waals surface area contributed by atoms with Crippen molar-refractivity contribution in [2.45, 2.75) is 51.6 Å². The van der Waals surface area contributed by atoms with Crippen LogP contribution in [0.15, 0.2) is 0 Å². The Balaban J connectivity index is 3.88. The fourth-order valence-corrected chi connectivity index (χ4v) is 4.19. The molecule has 0 saturated heterocycles. The molecule has 0 aromatic heterocycles. The van der Waals surface area contributed by atoms with Gasteiger partial charge in [0.1, 0.15) is 9.84 Å². The van der Waals surface area contributed by atoms with E-state index in [1.54, 1.807) is 11.8 Å². The van der Waals surface area contributed by atoms with Crippen molar-refractivity contribution >= 4 is 27.5 Å². The largest absolute Gasteiger partial charge is 0.368 e. The van der Waals surface area contributed by atoms with Crippen LogP contribution in [0.1, 0.15) is 40.0 Å². The fraction of sp³-hybridized carbons (Fsp3) is 0.923. The van der Waals surface area contributed by atoms with Gasteiger partial charge in [-0.1, -0.05) is 6.42 Å². The van der Waals surface area contributed by atoms with Crippen LogP contribution in [0.4, 0.5) is 0 Å². The lowest BCUT2D eigenvalue weighted by Crippen LogP contribution is -2.55. The van der Waals surface area contributed by atoms with Gasteiger partial charge < -0.3 is 11.1 Å². The molecule has 0 fully saturated rings. The van der Waals surface area contributed by atoms with Crippen molar-refractivity contribution < 1.29 is 13.2 Å². The predicted molar refractivity (Wildman–Crippen MR) is 86.8 cm³/mol. The quantitative estimate of drug-likeness (QED) is 0.557. The second kappa shape index (κ2) is 8.89. The van der Waals surface area contributed by atoms with Crippen LogP contribution in [-0.4, -0.2) is 49.4 Å². The lowest BCUT2D eigenvalue weighted by molar-refractivity contribution is -0.124. The number of unbranched alkanes of at least 4 members (excludes halogenated alkanes) is 1. The van der Waals surface area contributed by atoms with Crippen LogP contribution >= 0.6 is 11.8 Å². The van der Waals surface area contributed by atoms with E-state index in [1.165, 1.54) is 6.26 Å². The average molecular weight is 325 g/mol. The van der Waals surface area contributed by atoms with E-state index in [0.717, 1.165) is 18.6 Å². The number of primary amides is 1. The molecule has 0 aromatic carbocycles. The van der Waals surface area contributed by atoms with Crippen LogP contribution < -0.4 is 11.1 Å². The summed E-state index contributed by atoms with van der Waals surface area (Å²) in [5.41, 5.74) is 4.80. The summed E-state index contributed by atoms with van der Waals surface area (Å²) < 4.78 is 21.9. The second-order valence-electron chi connectivity index (χ2n) is 5.69. The molecule has 1 atom stereocenters. The van der Waals surface area contributed by atoms with Gasteiger partial charge in [-0.2, -0.15) is 11.8 Å². The van der Waals surface area contributed by atoms with Crippen molar-refractivity contribution in [2.24, 2.45) is 5.73 Å². The van der Waals surface area contributed by atoms with Gasteiger partial charge in [-0.05, 0) is 39.4 Å². The average Bonchev–Trinajstić information content (AvgIpc) is 2.25. The molecule has 0 aromatic rings. The number of nitrogens with two attached hydrogens (primary N) is 1. The maximum absolute atomic E-state index is 11.5. The van der Waals surface area contributed by atoms with E-state index in [1.807, 2.05) is 20.8 Å². The molecular formula is C13H28N2O3S2. The van der Waals surface area contributed by atoms with Gasteiger partial charge >= 0.3 is 0 Å². The molecule has 3 N–H and O–H groups in total. The first-order valence-electron chi connectivity index (χ1n) is 6.90. The Morgan fingerprint density at radius 1 is 1.30 bits per heavy atom. The molecule has 5 nitrogen and oxygen atoms in total. The molecule has 0 spiro atoms. The Kier molecular flexibility index (Phi) is 8.77.